The van der Waals surface area contributed by atoms with Gasteiger partial charge in [-0.2, -0.15) is 0 Å². The largest absolute Gasteiger partial charge is 0.387 e. The van der Waals surface area contributed by atoms with E-state index in [1.807, 2.05) is 30.3 Å². The van der Waals surface area contributed by atoms with Gasteiger partial charge in [-0.15, -0.1) is 0 Å². The van der Waals surface area contributed by atoms with Crippen LogP contribution in [0.3, 0.4) is 0 Å². The molecule has 0 saturated carbocycles. The third-order valence-electron chi connectivity index (χ3n) is 4.69. The molecule has 4 rings (SSSR count). The van der Waals surface area contributed by atoms with Gasteiger partial charge >= 0.3 is 0 Å². The second kappa shape index (κ2) is 7.14. The summed E-state index contributed by atoms with van der Waals surface area (Å²) in [5.74, 6) is 0.666. The van der Waals surface area contributed by atoms with Gasteiger partial charge in [0.05, 0.1) is 12.7 Å². The highest BCUT2D eigenvalue weighted by atomic mass is 16.6. The van der Waals surface area contributed by atoms with Crippen LogP contribution in [0.25, 0.3) is 0 Å². The number of imidazole rings is 1. The summed E-state index contributed by atoms with van der Waals surface area (Å²) < 4.78 is 7.37. The fraction of sp³-hybridized carbons (Fsp3) is 0.412. The first-order valence-corrected chi connectivity index (χ1v) is 8.53. The van der Waals surface area contributed by atoms with E-state index in [4.69, 9.17) is 10.5 Å². The summed E-state index contributed by atoms with van der Waals surface area (Å²) in [4.78, 5) is 8.82. The van der Waals surface area contributed by atoms with Crippen LogP contribution in [0.4, 0.5) is 5.82 Å². The van der Waals surface area contributed by atoms with Crippen LogP contribution in [0.1, 0.15) is 23.7 Å². The number of ether oxygens (including phenoxy) is 1. The fourth-order valence-corrected chi connectivity index (χ4v) is 3.27. The molecule has 26 heavy (non-hydrogen) atoms. The van der Waals surface area contributed by atoms with Crippen molar-refractivity contribution in [2.45, 2.75) is 37.3 Å². The summed E-state index contributed by atoms with van der Waals surface area (Å²) in [6, 6.07) is 10.0. The maximum Gasteiger partial charge on any atom is 0.165 e. The van der Waals surface area contributed by atoms with Crippen molar-refractivity contribution in [3.05, 3.63) is 47.9 Å². The predicted molar refractivity (Wildman–Crippen MR) is 95.3 cm³/mol. The average Bonchev–Trinajstić information content (AvgIpc) is 3.23. The lowest BCUT2D eigenvalue weighted by Gasteiger charge is -2.23. The number of aliphatic hydroxyl groups excluding tert-OH is 2. The molecule has 0 spiro atoms. The Bertz CT molecular complexity index is 780. The SMILES string of the molecule is NCC1OC(n2cnc3c2NC=NC3NCc2ccccc2)C(O)C1O. The lowest BCUT2D eigenvalue weighted by atomic mass is 10.1. The number of rotatable bonds is 5. The quantitative estimate of drug-likeness (QED) is 0.496. The zero-order valence-corrected chi connectivity index (χ0v) is 14.1. The number of fused-ring (bicyclic) bond motifs is 1. The molecule has 0 amide bonds. The number of aliphatic imine (C=N–C) groups is 1. The summed E-state index contributed by atoms with van der Waals surface area (Å²) in [5, 5.41) is 26.7. The topological polar surface area (TPSA) is 130 Å². The van der Waals surface area contributed by atoms with Crippen LogP contribution < -0.4 is 16.4 Å². The van der Waals surface area contributed by atoms with E-state index in [0.29, 0.717) is 18.1 Å². The van der Waals surface area contributed by atoms with Crippen LogP contribution >= 0.6 is 0 Å². The number of hydrogen-bond acceptors (Lipinski definition) is 8. The van der Waals surface area contributed by atoms with Gasteiger partial charge in [0.2, 0.25) is 0 Å². The Morgan fingerprint density at radius 1 is 1.23 bits per heavy atom. The van der Waals surface area contributed by atoms with Crippen molar-refractivity contribution in [2.24, 2.45) is 10.7 Å². The zero-order valence-electron chi connectivity index (χ0n) is 14.1. The third kappa shape index (κ3) is 3.00. The minimum atomic E-state index is -1.08. The van der Waals surface area contributed by atoms with Crippen molar-refractivity contribution >= 4 is 12.2 Å². The second-order valence-electron chi connectivity index (χ2n) is 6.36. The molecule has 1 aromatic heterocycles. The molecule has 0 radical (unpaired) electrons. The molecule has 1 saturated heterocycles. The van der Waals surface area contributed by atoms with Gasteiger partial charge in [-0.3, -0.25) is 9.88 Å². The molecule has 6 N–H and O–H groups in total. The molecule has 9 nitrogen and oxygen atoms in total. The number of hydrogen-bond donors (Lipinski definition) is 5. The van der Waals surface area contributed by atoms with Crippen molar-refractivity contribution < 1.29 is 14.9 Å². The van der Waals surface area contributed by atoms with Crippen LogP contribution in [-0.2, 0) is 11.3 Å². The van der Waals surface area contributed by atoms with E-state index < -0.39 is 24.5 Å². The normalized spacial score (nSPS) is 30.2. The molecule has 2 aromatic rings. The van der Waals surface area contributed by atoms with E-state index in [-0.39, 0.29) is 12.7 Å². The summed E-state index contributed by atoms with van der Waals surface area (Å²) in [7, 11) is 0. The van der Waals surface area contributed by atoms with E-state index >= 15 is 0 Å². The third-order valence-corrected chi connectivity index (χ3v) is 4.69. The van der Waals surface area contributed by atoms with Crippen LogP contribution in [-0.4, -0.2) is 51.0 Å². The van der Waals surface area contributed by atoms with Gasteiger partial charge in [0.1, 0.15) is 36.0 Å². The summed E-state index contributed by atoms with van der Waals surface area (Å²) in [5.41, 5.74) is 7.43. The van der Waals surface area contributed by atoms with E-state index in [1.165, 1.54) is 0 Å². The van der Waals surface area contributed by atoms with Crippen LogP contribution in [0.5, 0.6) is 0 Å². The van der Waals surface area contributed by atoms with Crippen LogP contribution in [0.2, 0.25) is 0 Å². The first kappa shape index (κ1) is 17.1. The molecule has 9 heteroatoms. The molecule has 1 fully saturated rings. The zero-order chi connectivity index (χ0) is 18.1. The average molecular weight is 358 g/mol. The second-order valence-corrected chi connectivity index (χ2v) is 6.36. The number of anilines is 1. The molecule has 0 bridgehead atoms. The highest BCUT2D eigenvalue weighted by molar-refractivity contribution is 5.78. The highest BCUT2D eigenvalue weighted by Gasteiger charge is 2.44. The van der Waals surface area contributed by atoms with Gasteiger partial charge < -0.3 is 26.0 Å². The van der Waals surface area contributed by atoms with Crippen LogP contribution in [0.15, 0.2) is 41.7 Å². The van der Waals surface area contributed by atoms with Gasteiger partial charge in [0.25, 0.3) is 0 Å². The molecule has 1 aromatic carbocycles. The van der Waals surface area contributed by atoms with Gasteiger partial charge in [-0.1, -0.05) is 30.3 Å². The van der Waals surface area contributed by atoms with E-state index in [9.17, 15) is 10.2 Å². The molecule has 5 atom stereocenters. The van der Waals surface area contributed by atoms with Crippen molar-refractivity contribution in [1.29, 1.82) is 0 Å². The van der Waals surface area contributed by atoms with E-state index in [0.717, 1.165) is 5.56 Å². The maximum absolute atomic E-state index is 10.3. The Hall–Kier alpha value is -2.30. The Kier molecular flexibility index (Phi) is 4.70. The molecule has 0 aliphatic carbocycles. The first-order chi connectivity index (χ1) is 12.7. The highest BCUT2D eigenvalue weighted by Crippen LogP contribution is 2.35. The van der Waals surface area contributed by atoms with Gasteiger partial charge in [0.15, 0.2) is 6.23 Å². The molecular formula is C17H22N6O3. The maximum atomic E-state index is 10.3. The number of nitrogens with zero attached hydrogens (tertiary/aromatic N) is 3. The molecule has 2 aliphatic rings. The van der Waals surface area contributed by atoms with E-state index in [1.54, 1.807) is 17.2 Å². The van der Waals surface area contributed by atoms with Crippen molar-refractivity contribution in [3.63, 3.8) is 0 Å². The van der Waals surface area contributed by atoms with Crippen LogP contribution in [0, 0.1) is 0 Å². The molecular weight excluding hydrogens is 336 g/mol. The van der Waals surface area contributed by atoms with Gasteiger partial charge in [0, 0.05) is 13.1 Å². The predicted octanol–water partition coefficient (Wildman–Crippen LogP) is -0.297. The molecule has 138 valence electrons. The number of nitrogens with one attached hydrogen (secondary N) is 2. The summed E-state index contributed by atoms with van der Waals surface area (Å²) >= 11 is 0. The Balaban J connectivity index is 1.53. The standard InChI is InChI=1S/C17H22N6O3/c18-6-11-13(24)14(25)17(26-11)23-9-22-12-15(20-8-21-16(12)23)19-7-10-4-2-1-3-5-10/h1-5,8-9,11,13-15,17,19,24-25H,6-7,18H2,(H,20,21). The molecule has 2 aliphatic heterocycles. The summed E-state index contributed by atoms with van der Waals surface area (Å²) in [6.07, 6.45) is -0.655. The van der Waals surface area contributed by atoms with E-state index in [2.05, 4.69) is 20.6 Å². The van der Waals surface area contributed by atoms with Crippen molar-refractivity contribution in [2.75, 3.05) is 11.9 Å². The number of aliphatic hydroxyl groups is 2. The number of benzene rings is 1. The van der Waals surface area contributed by atoms with Crippen molar-refractivity contribution in [3.8, 4) is 0 Å². The number of nitrogens with two attached hydrogens (primary N) is 1. The summed E-state index contributed by atoms with van der Waals surface area (Å²) in [6.45, 7) is 0.771. The van der Waals surface area contributed by atoms with Gasteiger partial charge in [-0.05, 0) is 5.56 Å². The Labute approximate surface area is 150 Å². The fourth-order valence-electron chi connectivity index (χ4n) is 3.27. The lowest BCUT2D eigenvalue weighted by Crippen LogP contribution is -2.35. The minimum absolute atomic E-state index is 0.127. The molecule has 3 heterocycles. The Morgan fingerprint density at radius 2 is 2.04 bits per heavy atom. The number of aromatic nitrogens is 2. The monoisotopic (exact) mass is 358 g/mol. The lowest BCUT2D eigenvalue weighted by molar-refractivity contribution is -0.0331. The van der Waals surface area contributed by atoms with Gasteiger partial charge in [-0.25, -0.2) is 9.98 Å². The van der Waals surface area contributed by atoms with Crippen molar-refractivity contribution in [1.82, 2.24) is 14.9 Å². The minimum Gasteiger partial charge on any atom is -0.387 e. The smallest absolute Gasteiger partial charge is 0.165 e. The first-order valence-electron chi connectivity index (χ1n) is 8.53. The molecule has 5 unspecified atom stereocenters. The Morgan fingerprint density at radius 3 is 2.77 bits per heavy atom.